The van der Waals surface area contributed by atoms with E-state index < -0.39 is 6.09 Å². The molecule has 2 aromatic carbocycles. The molecule has 0 unspecified atom stereocenters. The third-order valence-electron chi connectivity index (χ3n) is 4.84. The lowest BCUT2D eigenvalue weighted by Gasteiger charge is -2.14. The summed E-state index contributed by atoms with van der Waals surface area (Å²) in [5.74, 6) is 0.606. The lowest BCUT2D eigenvalue weighted by Crippen LogP contribution is -2.28. The molecular weight excluding hydrogens is 344 g/mol. The first-order chi connectivity index (χ1) is 13.3. The average Bonchev–Trinajstić information content (AvgIpc) is 3.28. The second-order valence-electron chi connectivity index (χ2n) is 6.38. The van der Waals surface area contributed by atoms with Crippen LogP contribution in [-0.4, -0.2) is 29.3 Å². The maximum Gasteiger partial charge on any atom is 0.407 e. The molecule has 1 aromatic heterocycles. The molecule has 0 saturated carbocycles. The molecule has 1 aliphatic rings. The first kappa shape index (κ1) is 17.3. The molecule has 0 aliphatic heterocycles. The number of aromatic nitrogens is 1. The van der Waals surface area contributed by atoms with E-state index in [0.717, 1.165) is 0 Å². The van der Waals surface area contributed by atoms with Crippen LogP contribution in [0.15, 0.2) is 59.3 Å². The molecule has 0 saturated heterocycles. The van der Waals surface area contributed by atoms with Gasteiger partial charge in [0, 0.05) is 18.9 Å². The molecule has 0 fully saturated rings. The van der Waals surface area contributed by atoms with Crippen molar-refractivity contribution < 1.29 is 19.1 Å². The summed E-state index contributed by atoms with van der Waals surface area (Å²) in [5.41, 5.74) is 5.25. The van der Waals surface area contributed by atoms with Crippen LogP contribution >= 0.6 is 0 Å². The number of aliphatic hydroxyl groups is 1. The van der Waals surface area contributed by atoms with Gasteiger partial charge in [-0.2, -0.15) is 0 Å². The normalized spacial score (nSPS) is 12.5. The standard InChI is InChI=1S/C21H20N2O4/c24-11-19-20(27-13-23-19)9-10-22-21(25)26-12-18-16-7-3-1-5-14(16)15-6-2-4-8-17(15)18/h1-8,13,18,24H,9-12H2,(H,22,25). The number of fused-ring (bicyclic) bond motifs is 3. The van der Waals surface area contributed by atoms with Crippen LogP contribution in [0.3, 0.4) is 0 Å². The molecule has 6 nitrogen and oxygen atoms in total. The van der Waals surface area contributed by atoms with Crippen molar-refractivity contribution in [1.29, 1.82) is 0 Å². The zero-order chi connectivity index (χ0) is 18.6. The van der Waals surface area contributed by atoms with E-state index in [-0.39, 0.29) is 19.1 Å². The van der Waals surface area contributed by atoms with Crippen LogP contribution in [0.25, 0.3) is 11.1 Å². The number of oxazole rings is 1. The maximum atomic E-state index is 12.1. The quantitative estimate of drug-likeness (QED) is 0.701. The molecule has 27 heavy (non-hydrogen) atoms. The fourth-order valence-electron chi connectivity index (χ4n) is 3.55. The van der Waals surface area contributed by atoms with Gasteiger partial charge in [0.1, 0.15) is 18.1 Å². The summed E-state index contributed by atoms with van der Waals surface area (Å²) < 4.78 is 10.7. The van der Waals surface area contributed by atoms with Gasteiger partial charge in [0.05, 0.1) is 6.61 Å². The van der Waals surface area contributed by atoms with Crippen molar-refractivity contribution in [3.63, 3.8) is 0 Å². The van der Waals surface area contributed by atoms with Gasteiger partial charge in [-0.25, -0.2) is 9.78 Å². The second kappa shape index (κ2) is 7.63. The number of aliphatic hydroxyl groups excluding tert-OH is 1. The molecule has 1 amide bonds. The largest absolute Gasteiger partial charge is 0.449 e. The van der Waals surface area contributed by atoms with E-state index in [4.69, 9.17) is 14.3 Å². The molecule has 0 radical (unpaired) electrons. The van der Waals surface area contributed by atoms with Crippen molar-refractivity contribution in [3.8, 4) is 11.1 Å². The number of rotatable bonds is 6. The third-order valence-corrected chi connectivity index (χ3v) is 4.84. The maximum absolute atomic E-state index is 12.1. The predicted octanol–water partition coefficient (Wildman–Crippen LogP) is 3.25. The van der Waals surface area contributed by atoms with Gasteiger partial charge in [-0.1, -0.05) is 48.5 Å². The van der Waals surface area contributed by atoms with Crippen LogP contribution in [0.4, 0.5) is 4.79 Å². The summed E-state index contributed by atoms with van der Waals surface area (Å²) in [5, 5.41) is 11.9. The van der Waals surface area contributed by atoms with Gasteiger partial charge in [0.25, 0.3) is 0 Å². The van der Waals surface area contributed by atoms with Gasteiger partial charge in [0.2, 0.25) is 0 Å². The van der Waals surface area contributed by atoms with Crippen molar-refractivity contribution in [2.45, 2.75) is 18.9 Å². The van der Waals surface area contributed by atoms with Crippen LogP contribution in [0, 0.1) is 0 Å². The highest BCUT2D eigenvalue weighted by Gasteiger charge is 2.28. The molecule has 6 heteroatoms. The Hall–Kier alpha value is -3.12. The van der Waals surface area contributed by atoms with E-state index in [1.807, 2.05) is 24.3 Å². The van der Waals surface area contributed by atoms with Crippen LogP contribution in [-0.2, 0) is 17.8 Å². The fraction of sp³-hybridized carbons (Fsp3) is 0.238. The topological polar surface area (TPSA) is 84.6 Å². The lowest BCUT2D eigenvalue weighted by molar-refractivity contribution is 0.143. The van der Waals surface area contributed by atoms with Crippen LogP contribution in [0.1, 0.15) is 28.5 Å². The fourth-order valence-corrected chi connectivity index (χ4v) is 3.55. The van der Waals surface area contributed by atoms with Crippen molar-refractivity contribution in [3.05, 3.63) is 77.5 Å². The molecule has 138 valence electrons. The number of carbonyl (C=O) groups is 1. The summed E-state index contributed by atoms with van der Waals surface area (Å²) in [6, 6.07) is 16.4. The van der Waals surface area contributed by atoms with Gasteiger partial charge >= 0.3 is 6.09 Å². The second-order valence-corrected chi connectivity index (χ2v) is 6.38. The molecule has 3 aromatic rings. The Morgan fingerprint density at radius 2 is 1.78 bits per heavy atom. The van der Waals surface area contributed by atoms with E-state index in [1.165, 1.54) is 28.6 Å². The Labute approximate surface area is 156 Å². The summed E-state index contributed by atoms with van der Waals surface area (Å²) in [7, 11) is 0. The number of hydrogen-bond acceptors (Lipinski definition) is 5. The van der Waals surface area contributed by atoms with E-state index >= 15 is 0 Å². The van der Waals surface area contributed by atoms with Crippen LogP contribution < -0.4 is 5.32 Å². The highest BCUT2D eigenvalue weighted by atomic mass is 16.5. The minimum atomic E-state index is -0.470. The minimum absolute atomic E-state index is 0.0402. The van der Waals surface area contributed by atoms with Gasteiger partial charge in [-0.05, 0) is 22.3 Å². The Bertz CT molecular complexity index is 905. The summed E-state index contributed by atoms with van der Waals surface area (Å²) in [6.45, 7) is 0.444. The number of hydrogen-bond donors (Lipinski definition) is 2. The molecule has 0 atom stereocenters. The van der Waals surface area contributed by atoms with E-state index in [2.05, 4.69) is 34.6 Å². The molecule has 2 N–H and O–H groups in total. The van der Waals surface area contributed by atoms with Gasteiger partial charge in [-0.3, -0.25) is 0 Å². The number of amides is 1. The van der Waals surface area contributed by atoms with Gasteiger partial charge in [-0.15, -0.1) is 0 Å². The Morgan fingerprint density at radius 3 is 2.44 bits per heavy atom. The SMILES string of the molecule is O=C(NCCc1ocnc1CO)OCC1c2ccccc2-c2ccccc21. The molecule has 0 spiro atoms. The Morgan fingerprint density at radius 1 is 1.11 bits per heavy atom. The zero-order valence-electron chi connectivity index (χ0n) is 14.7. The van der Waals surface area contributed by atoms with Gasteiger partial charge < -0.3 is 19.6 Å². The highest BCUT2D eigenvalue weighted by Crippen LogP contribution is 2.44. The highest BCUT2D eigenvalue weighted by molar-refractivity contribution is 5.79. The molecule has 4 rings (SSSR count). The van der Waals surface area contributed by atoms with Crippen LogP contribution in [0.5, 0.6) is 0 Å². The molecule has 0 bridgehead atoms. The Balaban J connectivity index is 1.35. The summed E-state index contributed by atoms with van der Waals surface area (Å²) in [6.07, 6.45) is 1.26. The monoisotopic (exact) mass is 364 g/mol. The average molecular weight is 364 g/mol. The predicted molar refractivity (Wildman–Crippen MR) is 99.2 cm³/mol. The number of carbonyl (C=O) groups excluding carboxylic acids is 1. The van der Waals surface area contributed by atoms with E-state index in [1.54, 1.807) is 0 Å². The first-order valence-electron chi connectivity index (χ1n) is 8.89. The number of nitrogens with one attached hydrogen (secondary N) is 1. The van der Waals surface area contributed by atoms with Gasteiger partial charge in [0.15, 0.2) is 6.39 Å². The summed E-state index contributed by atoms with van der Waals surface area (Å²) >= 11 is 0. The first-order valence-corrected chi connectivity index (χ1v) is 8.89. The van der Waals surface area contributed by atoms with E-state index in [9.17, 15) is 4.79 Å². The smallest absolute Gasteiger partial charge is 0.407 e. The summed E-state index contributed by atoms with van der Waals surface area (Å²) in [4.78, 5) is 16.0. The number of ether oxygens (including phenoxy) is 1. The third kappa shape index (κ3) is 3.44. The molecular formula is C21H20N2O4. The minimum Gasteiger partial charge on any atom is -0.449 e. The van der Waals surface area contributed by atoms with E-state index in [0.29, 0.717) is 24.4 Å². The van der Waals surface area contributed by atoms with Crippen molar-refractivity contribution >= 4 is 6.09 Å². The van der Waals surface area contributed by atoms with Crippen molar-refractivity contribution in [1.82, 2.24) is 10.3 Å². The van der Waals surface area contributed by atoms with Crippen molar-refractivity contribution in [2.24, 2.45) is 0 Å². The number of alkyl carbamates (subject to hydrolysis) is 1. The van der Waals surface area contributed by atoms with Crippen LogP contribution in [0.2, 0.25) is 0 Å². The van der Waals surface area contributed by atoms with Crippen molar-refractivity contribution in [2.75, 3.05) is 13.2 Å². The number of nitrogens with zero attached hydrogens (tertiary/aromatic N) is 1. The number of benzene rings is 2. The zero-order valence-corrected chi connectivity index (χ0v) is 14.7. The molecule has 1 aliphatic carbocycles. The molecule has 1 heterocycles. The lowest BCUT2D eigenvalue weighted by atomic mass is 9.98. The Kier molecular flexibility index (Phi) is 4.89.